The first-order chi connectivity index (χ1) is 12.6. The molecule has 1 aliphatic heterocycles. The van der Waals surface area contributed by atoms with Crippen molar-refractivity contribution in [2.45, 2.75) is 6.10 Å². The molecule has 26 heavy (non-hydrogen) atoms. The molecule has 1 aromatic heterocycles. The van der Waals surface area contributed by atoms with Gasteiger partial charge in [0.2, 0.25) is 6.10 Å². The molecule has 0 aliphatic carbocycles. The summed E-state index contributed by atoms with van der Waals surface area (Å²) < 4.78 is 19.3. The topological polar surface area (TPSA) is 62.1 Å². The smallest absolute Gasteiger partial charge is 0.292 e. The molecule has 6 nitrogen and oxygen atoms in total. The molecule has 1 aliphatic rings. The van der Waals surface area contributed by atoms with Crippen LogP contribution in [-0.4, -0.2) is 30.3 Å². The van der Waals surface area contributed by atoms with E-state index in [1.807, 2.05) is 19.2 Å². The summed E-state index contributed by atoms with van der Waals surface area (Å²) in [6, 6.07) is 10.8. The van der Waals surface area contributed by atoms with Crippen LogP contribution in [0, 0.1) is 0 Å². The van der Waals surface area contributed by atoms with Crippen molar-refractivity contribution in [1.82, 2.24) is 4.57 Å². The number of benzene rings is 2. The van der Waals surface area contributed by atoms with E-state index in [4.69, 9.17) is 25.8 Å². The molecule has 134 valence electrons. The number of aromatic nitrogens is 1. The molecule has 0 saturated carbocycles. The van der Waals surface area contributed by atoms with Crippen molar-refractivity contribution < 1.29 is 19.0 Å². The van der Waals surface area contributed by atoms with Crippen LogP contribution in [0.1, 0.15) is 0 Å². The Morgan fingerprint density at radius 2 is 2.08 bits per heavy atom. The SMILES string of the molecule is COc1ccc(Cl)c2sc(=NC(=O)[C@H]3COc4ccccc4O3)n(C)c12. The summed E-state index contributed by atoms with van der Waals surface area (Å²) in [4.78, 5) is 17.3. The highest BCUT2D eigenvalue weighted by Gasteiger charge is 2.27. The lowest BCUT2D eigenvalue weighted by Crippen LogP contribution is -2.36. The van der Waals surface area contributed by atoms with Crippen LogP contribution in [-0.2, 0) is 11.8 Å². The zero-order chi connectivity index (χ0) is 18.3. The van der Waals surface area contributed by atoms with Gasteiger partial charge >= 0.3 is 0 Å². The molecule has 0 N–H and O–H groups in total. The minimum absolute atomic E-state index is 0.123. The Labute approximate surface area is 158 Å². The average molecular weight is 391 g/mol. The molecule has 3 aromatic rings. The fourth-order valence-electron chi connectivity index (χ4n) is 2.77. The standard InChI is InChI=1S/C18H15ClN2O4S/c1-21-15-13(23-2)8-7-10(19)16(15)26-18(21)20-17(22)14-9-24-11-5-3-4-6-12(11)25-14/h3-8,14H,9H2,1-2H3/t14-/m1/s1. The molecule has 0 bridgehead atoms. The van der Waals surface area contributed by atoms with Gasteiger partial charge in [0.25, 0.3) is 5.91 Å². The summed E-state index contributed by atoms with van der Waals surface area (Å²) in [7, 11) is 3.41. The van der Waals surface area contributed by atoms with E-state index in [1.54, 1.807) is 35.9 Å². The molecule has 0 radical (unpaired) electrons. The summed E-state index contributed by atoms with van der Waals surface area (Å²) in [5.74, 6) is 1.43. The van der Waals surface area contributed by atoms with Gasteiger partial charge in [-0.25, -0.2) is 0 Å². The van der Waals surface area contributed by atoms with Crippen molar-refractivity contribution in [3.63, 3.8) is 0 Å². The van der Waals surface area contributed by atoms with Crippen LogP contribution >= 0.6 is 22.9 Å². The van der Waals surface area contributed by atoms with E-state index in [9.17, 15) is 4.79 Å². The van der Waals surface area contributed by atoms with Crippen molar-refractivity contribution in [1.29, 1.82) is 0 Å². The Hall–Kier alpha value is -2.51. The Balaban J connectivity index is 1.72. The number of halogens is 1. The monoisotopic (exact) mass is 390 g/mol. The zero-order valence-electron chi connectivity index (χ0n) is 14.1. The third-order valence-corrected chi connectivity index (χ3v) is 5.66. The van der Waals surface area contributed by atoms with Gasteiger partial charge in [0.05, 0.1) is 16.8 Å². The molecular formula is C18H15ClN2O4S. The summed E-state index contributed by atoms with van der Waals surface area (Å²) in [5, 5.41) is 0.585. The number of aryl methyl sites for hydroxylation is 1. The van der Waals surface area contributed by atoms with Gasteiger partial charge in [0.1, 0.15) is 17.9 Å². The molecule has 0 unspecified atom stereocenters. The number of thiazole rings is 1. The van der Waals surface area contributed by atoms with Crippen molar-refractivity contribution in [2.24, 2.45) is 12.0 Å². The molecule has 2 heterocycles. The molecule has 8 heteroatoms. The Bertz CT molecular complexity index is 1070. The molecule has 1 atom stereocenters. The van der Waals surface area contributed by atoms with E-state index in [1.165, 1.54) is 11.3 Å². The normalized spacial score (nSPS) is 16.7. The maximum absolute atomic E-state index is 12.6. The summed E-state index contributed by atoms with van der Waals surface area (Å²) in [6.45, 7) is 0.123. The number of carbonyl (C=O) groups excluding carboxylic acids is 1. The van der Waals surface area contributed by atoms with Crippen molar-refractivity contribution in [3.05, 3.63) is 46.2 Å². The number of carbonyl (C=O) groups is 1. The summed E-state index contributed by atoms with van der Waals surface area (Å²) >= 11 is 7.61. The zero-order valence-corrected chi connectivity index (χ0v) is 15.6. The number of para-hydroxylation sites is 2. The van der Waals surface area contributed by atoms with Crippen molar-refractivity contribution in [3.8, 4) is 17.2 Å². The molecule has 4 rings (SSSR count). The minimum atomic E-state index is -0.785. The van der Waals surface area contributed by atoms with Gasteiger partial charge in [-0.2, -0.15) is 4.99 Å². The van der Waals surface area contributed by atoms with Crippen LogP contribution in [0.25, 0.3) is 10.2 Å². The fraction of sp³-hybridized carbons (Fsp3) is 0.222. The third-order valence-electron chi connectivity index (χ3n) is 4.07. The predicted octanol–water partition coefficient (Wildman–Crippen LogP) is 3.17. The molecule has 1 amide bonds. The Morgan fingerprint density at radius 3 is 2.85 bits per heavy atom. The van der Waals surface area contributed by atoms with Crippen LogP contribution in [0.3, 0.4) is 0 Å². The maximum atomic E-state index is 12.6. The van der Waals surface area contributed by atoms with Crippen molar-refractivity contribution >= 4 is 39.1 Å². The number of ether oxygens (including phenoxy) is 3. The molecule has 0 fully saturated rings. The Kier molecular flexibility index (Phi) is 4.34. The van der Waals surface area contributed by atoms with Crippen LogP contribution < -0.4 is 19.0 Å². The number of fused-ring (bicyclic) bond motifs is 2. The van der Waals surface area contributed by atoms with E-state index in [2.05, 4.69) is 4.99 Å². The van der Waals surface area contributed by atoms with Gasteiger partial charge in [-0.3, -0.25) is 4.79 Å². The number of rotatable bonds is 2. The van der Waals surface area contributed by atoms with Crippen molar-refractivity contribution in [2.75, 3.05) is 13.7 Å². The minimum Gasteiger partial charge on any atom is -0.495 e. The van der Waals surface area contributed by atoms with Gasteiger partial charge in [-0.1, -0.05) is 35.1 Å². The van der Waals surface area contributed by atoms with E-state index in [-0.39, 0.29) is 6.61 Å². The average Bonchev–Trinajstić information content (AvgIpc) is 2.99. The third kappa shape index (κ3) is 2.83. The van der Waals surface area contributed by atoms with Crippen LogP contribution in [0.5, 0.6) is 17.2 Å². The van der Waals surface area contributed by atoms with E-state index >= 15 is 0 Å². The highest BCUT2D eigenvalue weighted by Crippen LogP contribution is 2.33. The first-order valence-electron chi connectivity index (χ1n) is 7.87. The van der Waals surface area contributed by atoms with Gasteiger partial charge in [-0.15, -0.1) is 0 Å². The lowest BCUT2D eigenvalue weighted by Gasteiger charge is -2.23. The van der Waals surface area contributed by atoms with Gasteiger partial charge in [0, 0.05) is 7.05 Å². The Morgan fingerprint density at radius 1 is 1.31 bits per heavy atom. The maximum Gasteiger partial charge on any atom is 0.292 e. The second-order valence-corrected chi connectivity index (χ2v) is 7.07. The number of hydrogen-bond donors (Lipinski definition) is 0. The largest absolute Gasteiger partial charge is 0.495 e. The lowest BCUT2D eigenvalue weighted by atomic mass is 10.2. The van der Waals surface area contributed by atoms with Gasteiger partial charge in [0.15, 0.2) is 16.3 Å². The van der Waals surface area contributed by atoms with E-state index in [0.29, 0.717) is 27.1 Å². The number of nitrogens with zero attached hydrogens (tertiary/aromatic N) is 2. The van der Waals surface area contributed by atoms with E-state index < -0.39 is 12.0 Å². The van der Waals surface area contributed by atoms with Crippen LogP contribution in [0.2, 0.25) is 5.02 Å². The highest BCUT2D eigenvalue weighted by molar-refractivity contribution is 7.17. The highest BCUT2D eigenvalue weighted by atomic mass is 35.5. The second kappa shape index (κ2) is 6.66. The quantitative estimate of drug-likeness (QED) is 0.674. The summed E-state index contributed by atoms with van der Waals surface area (Å²) in [5.41, 5.74) is 0.794. The lowest BCUT2D eigenvalue weighted by molar-refractivity contribution is -0.127. The van der Waals surface area contributed by atoms with Gasteiger partial charge in [-0.05, 0) is 24.3 Å². The first-order valence-corrected chi connectivity index (χ1v) is 9.07. The predicted molar refractivity (Wildman–Crippen MR) is 99.3 cm³/mol. The second-order valence-electron chi connectivity index (χ2n) is 5.69. The fourth-order valence-corrected chi connectivity index (χ4v) is 4.08. The molecule has 0 saturated heterocycles. The molecule has 0 spiro atoms. The molecule has 2 aromatic carbocycles. The molecular weight excluding hydrogens is 376 g/mol. The first kappa shape index (κ1) is 16.9. The number of amides is 1. The summed E-state index contributed by atoms with van der Waals surface area (Å²) in [6.07, 6.45) is -0.785. The van der Waals surface area contributed by atoms with Crippen LogP contribution in [0.4, 0.5) is 0 Å². The van der Waals surface area contributed by atoms with E-state index in [0.717, 1.165) is 10.2 Å². The number of hydrogen-bond acceptors (Lipinski definition) is 5. The number of methoxy groups -OCH3 is 1. The van der Waals surface area contributed by atoms with Gasteiger partial charge < -0.3 is 18.8 Å². The van der Waals surface area contributed by atoms with Crippen LogP contribution in [0.15, 0.2) is 41.4 Å².